The lowest BCUT2D eigenvalue weighted by molar-refractivity contribution is 0.219. The maximum absolute atomic E-state index is 12.4. The number of ether oxygens (including phenoxy) is 3. The lowest BCUT2D eigenvalue weighted by Gasteiger charge is -2.15. The number of rotatable bonds is 13. The van der Waals surface area contributed by atoms with Crippen molar-refractivity contribution in [3.8, 4) is 17.2 Å². The summed E-state index contributed by atoms with van der Waals surface area (Å²) < 4.78 is 22.5. The van der Waals surface area contributed by atoms with Crippen molar-refractivity contribution < 1.29 is 18.6 Å². The lowest BCUT2D eigenvalue weighted by Crippen LogP contribution is -2.15. The molecule has 0 spiro atoms. The Balaban J connectivity index is 2.00. The predicted molar refractivity (Wildman–Crippen MR) is 113 cm³/mol. The van der Waals surface area contributed by atoms with E-state index in [-0.39, 0.29) is 11.9 Å². The topological polar surface area (TPSA) is 57.9 Å². The highest BCUT2D eigenvalue weighted by atomic mass is 16.5. The van der Waals surface area contributed by atoms with Crippen LogP contribution in [-0.4, -0.2) is 19.8 Å². The minimum atomic E-state index is -0.554. The van der Waals surface area contributed by atoms with Crippen LogP contribution in [0.3, 0.4) is 0 Å². The fourth-order valence-electron chi connectivity index (χ4n) is 3.23. The number of unbranched alkanes of at least 4 members (excludes halogenated alkanes) is 7. The van der Waals surface area contributed by atoms with Crippen LogP contribution >= 0.6 is 0 Å². The first-order valence-electron chi connectivity index (χ1n) is 10.5. The molecule has 2 rings (SSSR count). The van der Waals surface area contributed by atoms with Crippen LogP contribution in [0.5, 0.6) is 17.2 Å². The largest absolute Gasteiger partial charge is 0.492 e. The van der Waals surface area contributed by atoms with Crippen molar-refractivity contribution in [3.63, 3.8) is 0 Å². The van der Waals surface area contributed by atoms with Gasteiger partial charge in [0.05, 0.1) is 25.2 Å². The van der Waals surface area contributed by atoms with Gasteiger partial charge in [0.25, 0.3) is 0 Å². The molecule has 0 atom stereocenters. The summed E-state index contributed by atoms with van der Waals surface area (Å²) in [6, 6.07) is 5.53. The molecule has 1 aromatic carbocycles. The Labute approximate surface area is 168 Å². The van der Waals surface area contributed by atoms with E-state index >= 15 is 0 Å². The summed E-state index contributed by atoms with van der Waals surface area (Å²) in [7, 11) is 1.52. The highest BCUT2D eigenvalue weighted by molar-refractivity contribution is 5.89. The summed E-state index contributed by atoms with van der Waals surface area (Å²) in [6.45, 7) is 6.55. The monoisotopic (exact) mass is 390 g/mol. The van der Waals surface area contributed by atoms with Crippen molar-refractivity contribution in [2.75, 3.05) is 13.7 Å². The van der Waals surface area contributed by atoms with Gasteiger partial charge in [0, 0.05) is 0 Å². The van der Waals surface area contributed by atoms with Gasteiger partial charge in [0.1, 0.15) is 0 Å². The predicted octanol–water partition coefficient (Wildman–Crippen LogP) is 6.11. The minimum absolute atomic E-state index is 0.102. The number of benzene rings is 1. The molecule has 5 heteroatoms. The molecular weight excluding hydrogens is 356 g/mol. The van der Waals surface area contributed by atoms with E-state index in [1.54, 1.807) is 0 Å². The van der Waals surface area contributed by atoms with Crippen LogP contribution in [-0.2, 0) is 0 Å². The maximum Gasteiger partial charge on any atom is 0.383 e. The van der Waals surface area contributed by atoms with Crippen LogP contribution in [0.4, 0.5) is 0 Å². The molecule has 0 fully saturated rings. The maximum atomic E-state index is 12.4. The fraction of sp³-hybridized carbons (Fsp3) is 0.609. The standard InChI is InChI=1S/C23H34O5/c1-5-6-7-8-9-10-11-12-16-26-19-15-13-14-18-20(19)28-23(24)22(21(18)25-4)27-17(2)3/h13-15,17H,5-12,16H2,1-4H3. The molecule has 0 saturated heterocycles. The van der Waals surface area contributed by atoms with Gasteiger partial charge in [0.2, 0.25) is 5.75 Å². The van der Waals surface area contributed by atoms with E-state index in [0.717, 1.165) is 12.8 Å². The molecule has 0 N–H and O–H groups in total. The molecule has 0 aliphatic heterocycles. The number of methoxy groups -OCH3 is 1. The van der Waals surface area contributed by atoms with E-state index in [4.69, 9.17) is 18.6 Å². The van der Waals surface area contributed by atoms with E-state index in [9.17, 15) is 4.79 Å². The molecule has 1 aromatic heterocycles. The second-order valence-corrected chi connectivity index (χ2v) is 7.37. The zero-order chi connectivity index (χ0) is 20.4. The van der Waals surface area contributed by atoms with Crippen molar-refractivity contribution in [3.05, 3.63) is 28.6 Å². The molecule has 0 amide bonds. The first-order valence-corrected chi connectivity index (χ1v) is 10.5. The molecule has 1 heterocycles. The Morgan fingerprint density at radius 2 is 1.64 bits per heavy atom. The van der Waals surface area contributed by atoms with Crippen LogP contribution < -0.4 is 19.8 Å². The average molecular weight is 391 g/mol. The fourth-order valence-corrected chi connectivity index (χ4v) is 3.23. The quantitative estimate of drug-likeness (QED) is 0.305. The van der Waals surface area contributed by atoms with Gasteiger partial charge in [-0.05, 0) is 32.4 Å². The summed E-state index contributed by atoms with van der Waals surface area (Å²) in [6.07, 6.45) is 9.79. The van der Waals surface area contributed by atoms with E-state index in [1.807, 2.05) is 32.0 Å². The van der Waals surface area contributed by atoms with Crippen LogP contribution in [0.2, 0.25) is 0 Å². The summed E-state index contributed by atoms with van der Waals surface area (Å²) in [5, 5.41) is 0.672. The average Bonchev–Trinajstić information content (AvgIpc) is 2.67. The SMILES string of the molecule is CCCCCCCCCCOc1cccc2c(OC)c(OC(C)C)c(=O)oc12. The van der Waals surface area contributed by atoms with Gasteiger partial charge in [-0.1, -0.05) is 57.9 Å². The molecule has 0 radical (unpaired) electrons. The first-order chi connectivity index (χ1) is 13.6. The van der Waals surface area contributed by atoms with Gasteiger partial charge >= 0.3 is 5.63 Å². The smallest absolute Gasteiger partial charge is 0.383 e. The van der Waals surface area contributed by atoms with Crippen LogP contribution in [0.25, 0.3) is 11.0 Å². The highest BCUT2D eigenvalue weighted by Gasteiger charge is 2.20. The Bertz CT molecular complexity index is 778. The molecule has 0 bridgehead atoms. The van der Waals surface area contributed by atoms with E-state index in [2.05, 4.69) is 6.92 Å². The number of hydrogen-bond acceptors (Lipinski definition) is 5. The molecule has 5 nitrogen and oxygen atoms in total. The van der Waals surface area contributed by atoms with Crippen molar-refractivity contribution in [1.82, 2.24) is 0 Å². The molecule has 0 unspecified atom stereocenters. The third kappa shape index (κ3) is 6.18. The van der Waals surface area contributed by atoms with Gasteiger partial charge in [-0.25, -0.2) is 4.79 Å². The number of para-hydroxylation sites is 1. The number of hydrogen-bond donors (Lipinski definition) is 0. The molecular formula is C23H34O5. The van der Waals surface area contributed by atoms with Gasteiger partial charge < -0.3 is 18.6 Å². The van der Waals surface area contributed by atoms with Crippen LogP contribution in [0.1, 0.15) is 72.1 Å². The molecule has 2 aromatic rings. The van der Waals surface area contributed by atoms with E-state index < -0.39 is 5.63 Å². The Kier molecular flexibility index (Phi) is 9.18. The normalized spacial score (nSPS) is 11.2. The third-order valence-electron chi connectivity index (χ3n) is 4.62. The summed E-state index contributed by atoms with van der Waals surface area (Å²) in [4.78, 5) is 12.4. The van der Waals surface area contributed by atoms with Gasteiger partial charge in [-0.15, -0.1) is 0 Å². The molecule has 0 aliphatic carbocycles. The summed E-state index contributed by atoms with van der Waals surface area (Å²) in [5.74, 6) is 1.05. The first kappa shape index (κ1) is 22.1. The molecule has 0 aliphatic rings. The Morgan fingerprint density at radius 1 is 0.964 bits per heavy atom. The second-order valence-electron chi connectivity index (χ2n) is 7.37. The minimum Gasteiger partial charge on any atom is -0.492 e. The summed E-state index contributed by atoms with van der Waals surface area (Å²) in [5.41, 5.74) is -0.152. The highest BCUT2D eigenvalue weighted by Crippen LogP contribution is 2.37. The van der Waals surface area contributed by atoms with Gasteiger partial charge in [0.15, 0.2) is 17.1 Å². The zero-order valence-corrected chi connectivity index (χ0v) is 17.7. The van der Waals surface area contributed by atoms with Gasteiger partial charge in [-0.3, -0.25) is 0 Å². The van der Waals surface area contributed by atoms with Crippen molar-refractivity contribution in [2.45, 2.75) is 78.2 Å². The zero-order valence-electron chi connectivity index (χ0n) is 17.7. The Morgan fingerprint density at radius 3 is 2.29 bits per heavy atom. The Hall–Kier alpha value is -2.17. The third-order valence-corrected chi connectivity index (χ3v) is 4.62. The van der Waals surface area contributed by atoms with Crippen LogP contribution in [0, 0.1) is 0 Å². The van der Waals surface area contributed by atoms with Crippen LogP contribution in [0.15, 0.2) is 27.4 Å². The molecule has 156 valence electrons. The summed E-state index contributed by atoms with van der Waals surface area (Å²) >= 11 is 0. The van der Waals surface area contributed by atoms with E-state index in [1.165, 1.54) is 45.6 Å². The van der Waals surface area contributed by atoms with Crippen molar-refractivity contribution in [2.24, 2.45) is 0 Å². The van der Waals surface area contributed by atoms with Crippen molar-refractivity contribution >= 4 is 11.0 Å². The lowest BCUT2D eigenvalue weighted by atomic mass is 10.1. The van der Waals surface area contributed by atoms with E-state index in [0.29, 0.717) is 29.1 Å². The van der Waals surface area contributed by atoms with Crippen molar-refractivity contribution in [1.29, 1.82) is 0 Å². The number of fused-ring (bicyclic) bond motifs is 1. The van der Waals surface area contributed by atoms with Gasteiger partial charge in [-0.2, -0.15) is 0 Å². The second kappa shape index (κ2) is 11.6. The molecule has 0 saturated carbocycles. The molecule has 28 heavy (non-hydrogen) atoms.